The number of hydrogen-bond donors (Lipinski definition) is 1. The van der Waals surface area contributed by atoms with E-state index in [2.05, 4.69) is 46.5 Å². The molecule has 0 unspecified atom stereocenters. The Morgan fingerprint density at radius 3 is 2.69 bits per heavy atom. The Balaban J connectivity index is 1.56. The summed E-state index contributed by atoms with van der Waals surface area (Å²) in [5, 5.41) is 11.6. The Labute approximate surface area is 152 Å². The lowest BCUT2D eigenvalue weighted by Crippen LogP contribution is -2.37. The summed E-state index contributed by atoms with van der Waals surface area (Å²) in [7, 11) is 0. The maximum atomic E-state index is 12.8. The van der Waals surface area contributed by atoms with Crippen LogP contribution in [0.3, 0.4) is 0 Å². The zero-order chi connectivity index (χ0) is 18.3. The lowest BCUT2D eigenvalue weighted by Gasteiger charge is -2.27. The maximum Gasteiger partial charge on any atom is 0.227 e. The molecule has 0 spiro atoms. The van der Waals surface area contributed by atoms with E-state index < -0.39 is 0 Å². The van der Waals surface area contributed by atoms with Crippen molar-refractivity contribution >= 4 is 5.91 Å². The summed E-state index contributed by atoms with van der Waals surface area (Å²) < 4.78 is 5.18. The molecule has 1 amide bonds. The largest absolute Gasteiger partial charge is 0.361 e. The summed E-state index contributed by atoms with van der Waals surface area (Å²) in [4.78, 5) is 14.7. The van der Waals surface area contributed by atoms with Gasteiger partial charge >= 0.3 is 0 Å². The average molecular weight is 350 g/mol. The molecule has 6 heteroatoms. The highest BCUT2D eigenvalue weighted by molar-refractivity contribution is 5.80. The van der Waals surface area contributed by atoms with Gasteiger partial charge < -0.3 is 9.42 Å². The number of hydrogen-bond acceptors (Lipinski definition) is 4. The van der Waals surface area contributed by atoms with Gasteiger partial charge in [0.05, 0.1) is 17.8 Å². The van der Waals surface area contributed by atoms with Crippen LogP contribution in [0.5, 0.6) is 0 Å². The standard InChI is InChI=1S/C20H22N4O2/c1-12-4-6-15(7-5-12)20-17-11-24(9-8-18(17)21-22-20)19(25)10-16-13(2)23-26-14(16)3/h4-7H,8-11H2,1-3H3,(H,21,22). The molecule has 0 radical (unpaired) electrons. The van der Waals surface area contributed by atoms with Crippen LogP contribution in [-0.2, 0) is 24.2 Å². The Kier molecular flexibility index (Phi) is 4.11. The minimum absolute atomic E-state index is 0.0982. The smallest absolute Gasteiger partial charge is 0.227 e. The van der Waals surface area contributed by atoms with Crippen molar-refractivity contribution in [3.8, 4) is 11.3 Å². The molecule has 134 valence electrons. The highest BCUT2D eigenvalue weighted by Crippen LogP contribution is 2.29. The Morgan fingerprint density at radius 2 is 2.00 bits per heavy atom. The van der Waals surface area contributed by atoms with Crippen molar-refractivity contribution < 1.29 is 9.32 Å². The molecule has 0 bridgehead atoms. The molecular weight excluding hydrogens is 328 g/mol. The van der Waals surface area contributed by atoms with Crippen LogP contribution in [0, 0.1) is 20.8 Å². The molecule has 1 aliphatic rings. The van der Waals surface area contributed by atoms with Gasteiger partial charge in [-0.05, 0) is 20.8 Å². The van der Waals surface area contributed by atoms with Gasteiger partial charge in [0.2, 0.25) is 5.91 Å². The van der Waals surface area contributed by atoms with E-state index >= 15 is 0 Å². The van der Waals surface area contributed by atoms with Crippen LogP contribution in [0.4, 0.5) is 0 Å². The van der Waals surface area contributed by atoms with E-state index in [1.165, 1.54) is 5.56 Å². The fourth-order valence-corrected chi connectivity index (χ4v) is 3.48. The van der Waals surface area contributed by atoms with Crippen molar-refractivity contribution in [2.24, 2.45) is 0 Å². The number of aromatic amines is 1. The molecule has 0 saturated heterocycles. The molecule has 3 heterocycles. The van der Waals surface area contributed by atoms with Gasteiger partial charge in [0.15, 0.2) is 0 Å². The topological polar surface area (TPSA) is 75.0 Å². The number of rotatable bonds is 3. The first-order chi connectivity index (χ1) is 12.5. The molecule has 6 nitrogen and oxygen atoms in total. The molecule has 0 atom stereocenters. The fourth-order valence-electron chi connectivity index (χ4n) is 3.48. The molecular formula is C20H22N4O2. The lowest BCUT2D eigenvalue weighted by atomic mass is 9.99. The van der Waals surface area contributed by atoms with Crippen LogP contribution in [0.2, 0.25) is 0 Å². The number of aryl methyl sites for hydroxylation is 3. The third-order valence-corrected chi connectivity index (χ3v) is 5.12. The van der Waals surface area contributed by atoms with Gasteiger partial charge in [-0.1, -0.05) is 35.0 Å². The van der Waals surface area contributed by atoms with E-state index in [1.54, 1.807) is 0 Å². The van der Waals surface area contributed by atoms with Gasteiger partial charge in [-0.15, -0.1) is 0 Å². The fraction of sp³-hybridized carbons (Fsp3) is 0.350. The van der Waals surface area contributed by atoms with Crippen molar-refractivity contribution in [3.63, 3.8) is 0 Å². The number of nitrogens with one attached hydrogen (secondary N) is 1. The summed E-state index contributed by atoms with van der Waals surface area (Å²) in [5.74, 6) is 0.818. The summed E-state index contributed by atoms with van der Waals surface area (Å²) in [6, 6.07) is 8.33. The quantitative estimate of drug-likeness (QED) is 0.787. The SMILES string of the molecule is Cc1ccc(-c2n[nH]c3c2CN(C(=O)Cc2c(C)noc2C)CC3)cc1. The number of benzene rings is 1. The minimum Gasteiger partial charge on any atom is -0.361 e. The van der Waals surface area contributed by atoms with Crippen molar-refractivity contribution in [2.45, 2.75) is 40.2 Å². The van der Waals surface area contributed by atoms with E-state index in [-0.39, 0.29) is 5.91 Å². The van der Waals surface area contributed by atoms with E-state index in [0.717, 1.165) is 46.0 Å². The second-order valence-electron chi connectivity index (χ2n) is 6.94. The van der Waals surface area contributed by atoms with Gasteiger partial charge in [0, 0.05) is 41.9 Å². The summed E-state index contributed by atoms with van der Waals surface area (Å²) in [6.07, 6.45) is 1.12. The molecule has 0 saturated carbocycles. The normalized spacial score (nSPS) is 13.7. The first-order valence-corrected chi connectivity index (χ1v) is 8.85. The molecule has 1 aromatic carbocycles. The zero-order valence-corrected chi connectivity index (χ0v) is 15.3. The van der Waals surface area contributed by atoms with Crippen molar-refractivity contribution in [1.29, 1.82) is 0 Å². The average Bonchev–Trinajstić information content (AvgIpc) is 3.20. The molecule has 4 rings (SSSR count). The van der Waals surface area contributed by atoms with Crippen LogP contribution in [-0.4, -0.2) is 32.7 Å². The Morgan fingerprint density at radius 1 is 1.23 bits per heavy atom. The third-order valence-electron chi connectivity index (χ3n) is 5.12. The molecule has 0 fully saturated rings. The van der Waals surface area contributed by atoms with E-state index in [0.29, 0.717) is 19.5 Å². The molecule has 3 aromatic rings. The van der Waals surface area contributed by atoms with E-state index in [9.17, 15) is 4.79 Å². The maximum absolute atomic E-state index is 12.8. The van der Waals surface area contributed by atoms with Gasteiger partial charge in [-0.25, -0.2) is 0 Å². The van der Waals surface area contributed by atoms with Gasteiger partial charge in [-0.3, -0.25) is 9.89 Å². The van der Waals surface area contributed by atoms with Crippen molar-refractivity contribution in [2.75, 3.05) is 6.54 Å². The number of aromatic nitrogens is 3. The van der Waals surface area contributed by atoms with Gasteiger partial charge in [0.1, 0.15) is 5.76 Å². The van der Waals surface area contributed by atoms with Crippen LogP contribution >= 0.6 is 0 Å². The van der Waals surface area contributed by atoms with Gasteiger partial charge in [0.25, 0.3) is 0 Å². The summed E-state index contributed by atoms with van der Waals surface area (Å²) >= 11 is 0. The van der Waals surface area contributed by atoms with E-state index in [4.69, 9.17) is 4.52 Å². The highest BCUT2D eigenvalue weighted by atomic mass is 16.5. The molecule has 26 heavy (non-hydrogen) atoms. The Hall–Kier alpha value is -2.89. The number of nitrogens with zero attached hydrogens (tertiary/aromatic N) is 3. The van der Waals surface area contributed by atoms with E-state index in [1.807, 2.05) is 18.7 Å². The monoisotopic (exact) mass is 350 g/mol. The predicted molar refractivity (Wildman–Crippen MR) is 97.6 cm³/mol. The van der Waals surface area contributed by atoms with Crippen LogP contribution in [0.25, 0.3) is 11.3 Å². The number of carbonyl (C=O) groups excluding carboxylic acids is 1. The molecule has 1 aliphatic heterocycles. The zero-order valence-electron chi connectivity index (χ0n) is 15.3. The van der Waals surface area contributed by atoms with Crippen molar-refractivity contribution in [3.05, 3.63) is 58.1 Å². The second-order valence-corrected chi connectivity index (χ2v) is 6.94. The lowest BCUT2D eigenvalue weighted by molar-refractivity contribution is -0.131. The number of amides is 1. The first-order valence-electron chi connectivity index (χ1n) is 8.85. The minimum atomic E-state index is 0.0982. The number of fused-ring (bicyclic) bond motifs is 1. The summed E-state index contributed by atoms with van der Waals surface area (Å²) in [5.41, 5.74) is 7.16. The highest BCUT2D eigenvalue weighted by Gasteiger charge is 2.26. The molecule has 0 aliphatic carbocycles. The van der Waals surface area contributed by atoms with Crippen LogP contribution in [0.15, 0.2) is 28.8 Å². The molecule has 2 aromatic heterocycles. The van der Waals surface area contributed by atoms with Gasteiger partial charge in [-0.2, -0.15) is 5.10 Å². The summed E-state index contributed by atoms with van der Waals surface area (Å²) in [6.45, 7) is 7.07. The Bertz CT molecular complexity index is 933. The number of carbonyl (C=O) groups is 1. The number of H-pyrrole nitrogens is 1. The second kappa shape index (κ2) is 6.44. The van der Waals surface area contributed by atoms with Crippen LogP contribution < -0.4 is 0 Å². The molecule has 1 N–H and O–H groups in total. The third kappa shape index (κ3) is 2.92. The first kappa shape index (κ1) is 16.6. The predicted octanol–water partition coefficient (Wildman–Crippen LogP) is 3.12. The van der Waals surface area contributed by atoms with Crippen molar-refractivity contribution in [1.82, 2.24) is 20.3 Å². The van der Waals surface area contributed by atoms with Crippen LogP contribution in [0.1, 0.15) is 33.8 Å².